The van der Waals surface area contributed by atoms with Crippen molar-refractivity contribution in [1.82, 2.24) is 4.90 Å². The lowest BCUT2D eigenvalue weighted by molar-refractivity contribution is 0.183. The highest BCUT2D eigenvalue weighted by Crippen LogP contribution is 2.37. The molecule has 4 nitrogen and oxygen atoms in total. The van der Waals surface area contributed by atoms with Gasteiger partial charge >= 0.3 is 6.03 Å². The van der Waals surface area contributed by atoms with Crippen molar-refractivity contribution in [3.63, 3.8) is 0 Å². The van der Waals surface area contributed by atoms with Gasteiger partial charge in [0, 0.05) is 22.0 Å². The smallest absolute Gasteiger partial charge is 0.321 e. The van der Waals surface area contributed by atoms with Crippen molar-refractivity contribution >= 4 is 43.6 Å². The molecule has 1 N–H and O–H groups in total. The zero-order valence-corrected chi connectivity index (χ0v) is 19.2. The fourth-order valence-corrected chi connectivity index (χ4v) is 4.97. The maximum Gasteiger partial charge on any atom is 0.321 e. The quantitative estimate of drug-likeness (QED) is 0.523. The van der Waals surface area contributed by atoms with Crippen molar-refractivity contribution in [3.05, 3.63) is 62.5 Å². The van der Waals surface area contributed by atoms with E-state index in [2.05, 4.69) is 57.1 Å². The lowest BCUT2D eigenvalue weighted by Gasteiger charge is -2.37. The Kier molecular flexibility index (Phi) is 6.47. The predicted octanol–water partition coefficient (Wildman–Crippen LogP) is 6.42. The first kappa shape index (κ1) is 20.9. The highest BCUT2D eigenvalue weighted by Gasteiger charge is 2.37. The van der Waals surface area contributed by atoms with E-state index < -0.39 is 5.41 Å². The summed E-state index contributed by atoms with van der Waals surface area (Å²) >= 11 is 7.14. The number of benzene rings is 2. The lowest BCUT2D eigenvalue weighted by Crippen LogP contribution is -2.46. The molecule has 1 aliphatic heterocycles. The molecule has 1 saturated heterocycles. The molecule has 0 aliphatic carbocycles. The van der Waals surface area contributed by atoms with Crippen LogP contribution in [0.4, 0.5) is 10.5 Å². The molecule has 1 aliphatic rings. The summed E-state index contributed by atoms with van der Waals surface area (Å²) in [5, 5.41) is 12.8. The van der Waals surface area contributed by atoms with Gasteiger partial charge in [0.25, 0.3) is 0 Å². The number of amides is 2. The third kappa shape index (κ3) is 4.26. The van der Waals surface area contributed by atoms with Gasteiger partial charge in [-0.2, -0.15) is 5.26 Å². The van der Waals surface area contributed by atoms with E-state index in [1.54, 1.807) is 4.90 Å². The summed E-state index contributed by atoms with van der Waals surface area (Å²) in [6.45, 7) is 5.37. The molecule has 146 valence electrons. The molecule has 0 radical (unpaired) electrons. The Bertz CT molecular complexity index is 875. The Hall–Kier alpha value is -1.84. The van der Waals surface area contributed by atoms with E-state index in [1.807, 2.05) is 42.5 Å². The van der Waals surface area contributed by atoms with Crippen molar-refractivity contribution in [2.24, 2.45) is 0 Å². The summed E-state index contributed by atoms with van der Waals surface area (Å²) in [7, 11) is 0. The van der Waals surface area contributed by atoms with Crippen LogP contribution in [0.15, 0.2) is 51.4 Å². The molecule has 6 heteroatoms. The summed E-state index contributed by atoms with van der Waals surface area (Å²) in [5.74, 6) is 0.400. The van der Waals surface area contributed by atoms with Crippen molar-refractivity contribution < 1.29 is 4.79 Å². The molecule has 28 heavy (non-hydrogen) atoms. The van der Waals surface area contributed by atoms with Gasteiger partial charge in [0.15, 0.2) is 0 Å². The second kappa shape index (κ2) is 8.67. The Balaban J connectivity index is 1.70. The minimum Gasteiger partial charge on any atom is -0.324 e. The van der Waals surface area contributed by atoms with Gasteiger partial charge in [-0.25, -0.2) is 4.79 Å². The van der Waals surface area contributed by atoms with Gasteiger partial charge in [-0.1, -0.05) is 44.2 Å². The minimum absolute atomic E-state index is 0.140. The van der Waals surface area contributed by atoms with Crippen LogP contribution in [-0.4, -0.2) is 24.0 Å². The second-order valence-electron chi connectivity index (χ2n) is 7.49. The van der Waals surface area contributed by atoms with Crippen molar-refractivity contribution in [2.75, 3.05) is 18.4 Å². The van der Waals surface area contributed by atoms with Gasteiger partial charge in [0.2, 0.25) is 0 Å². The summed E-state index contributed by atoms with van der Waals surface area (Å²) in [4.78, 5) is 14.6. The summed E-state index contributed by atoms with van der Waals surface area (Å²) in [6.07, 6.45) is 1.27. The molecule has 1 fully saturated rings. The number of urea groups is 1. The van der Waals surface area contributed by atoms with E-state index in [9.17, 15) is 10.1 Å². The molecule has 0 unspecified atom stereocenters. The zero-order valence-electron chi connectivity index (χ0n) is 16.0. The standard InChI is InChI=1S/C22H23Br2N3O/c1-15(2)16-12-18(23)20(19(24)13-16)26-21(28)27-10-8-22(14-25,9-11-27)17-6-4-3-5-7-17/h3-7,12-13,15H,8-11H2,1-2H3,(H,26,28). The molecular weight excluding hydrogens is 482 g/mol. The van der Waals surface area contributed by atoms with Gasteiger partial charge in [-0.15, -0.1) is 0 Å². The van der Waals surface area contributed by atoms with Crippen LogP contribution in [0.1, 0.15) is 43.7 Å². The number of likely N-dealkylation sites (tertiary alicyclic amines) is 1. The minimum atomic E-state index is -0.516. The number of nitrogens with one attached hydrogen (secondary N) is 1. The number of rotatable bonds is 3. The van der Waals surface area contributed by atoms with E-state index >= 15 is 0 Å². The molecule has 1 heterocycles. The van der Waals surface area contributed by atoms with Crippen LogP contribution in [0.5, 0.6) is 0 Å². The molecule has 0 spiro atoms. The summed E-state index contributed by atoms with van der Waals surface area (Å²) in [6, 6.07) is 16.3. The second-order valence-corrected chi connectivity index (χ2v) is 9.20. The number of nitrogens with zero attached hydrogens (tertiary/aromatic N) is 2. The Morgan fingerprint density at radius 3 is 2.21 bits per heavy atom. The average molecular weight is 505 g/mol. The van der Waals surface area contributed by atoms with Gasteiger partial charge < -0.3 is 10.2 Å². The number of nitriles is 1. The van der Waals surface area contributed by atoms with Gasteiger partial charge in [0.05, 0.1) is 17.2 Å². The maximum absolute atomic E-state index is 12.8. The molecular formula is C22H23Br2N3O. The Morgan fingerprint density at radius 2 is 1.71 bits per heavy atom. The number of piperidine rings is 1. The first-order valence-electron chi connectivity index (χ1n) is 9.38. The Labute approximate surface area is 183 Å². The maximum atomic E-state index is 12.8. The van der Waals surface area contributed by atoms with Crippen LogP contribution in [0.25, 0.3) is 0 Å². The first-order chi connectivity index (χ1) is 13.4. The molecule has 2 amide bonds. The summed E-state index contributed by atoms with van der Waals surface area (Å²) < 4.78 is 1.71. The van der Waals surface area contributed by atoms with Gasteiger partial charge in [0.1, 0.15) is 0 Å². The normalized spacial score (nSPS) is 15.9. The summed E-state index contributed by atoms with van der Waals surface area (Å²) in [5.41, 5.74) is 2.44. The highest BCUT2D eigenvalue weighted by molar-refractivity contribution is 9.11. The Morgan fingerprint density at radius 1 is 1.14 bits per heavy atom. The first-order valence-corrected chi connectivity index (χ1v) is 11.0. The lowest BCUT2D eigenvalue weighted by atomic mass is 9.74. The largest absolute Gasteiger partial charge is 0.324 e. The van der Waals surface area contributed by atoms with Crippen LogP contribution < -0.4 is 5.32 Å². The molecule has 0 bridgehead atoms. The van der Waals surface area contributed by atoms with Crippen molar-refractivity contribution in [3.8, 4) is 6.07 Å². The molecule has 0 saturated carbocycles. The number of anilines is 1. The predicted molar refractivity (Wildman–Crippen MR) is 119 cm³/mol. The molecule has 0 atom stereocenters. The number of hydrogen-bond acceptors (Lipinski definition) is 2. The van der Waals surface area contributed by atoms with E-state index in [0.29, 0.717) is 31.8 Å². The van der Waals surface area contributed by atoms with Crippen LogP contribution in [0.3, 0.4) is 0 Å². The number of halogens is 2. The van der Waals surface area contributed by atoms with Gasteiger partial charge in [-0.05, 0) is 73.9 Å². The van der Waals surface area contributed by atoms with Crippen LogP contribution in [0, 0.1) is 11.3 Å². The van der Waals surface area contributed by atoms with E-state index in [4.69, 9.17) is 0 Å². The third-order valence-corrected chi connectivity index (χ3v) is 6.66. The fourth-order valence-electron chi connectivity index (χ4n) is 3.55. The van der Waals surface area contributed by atoms with Crippen molar-refractivity contribution in [1.29, 1.82) is 5.26 Å². The van der Waals surface area contributed by atoms with E-state index in [-0.39, 0.29) is 6.03 Å². The third-order valence-electron chi connectivity index (χ3n) is 5.41. The van der Waals surface area contributed by atoms with E-state index in [0.717, 1.165) is 20.2 Å². The van der Waals surface area contributed by atoms with Gasteiger partial charge in [-0.3, -0.25) is 0 Å². The molecule has 2 aromatic carbocycles. The fraction of sp³-hybridized carbons (Fsp3) is 0.364. The SMILES string of the molecule is CC(C)c1cc(Br)c(NC(=O)N2CCC(C#N)(c3ccccc3)CC2)c(Br)c1. The van der Waals surface area contributed by atoms with E-state index in [1.165, 1.54) is 5.56 Å². The molecule has 2 aromatic rings. The number of carbonyl (C=O) groups excluding carboxylic acids is 1. The molecule has 3 rings (SSSR count). The molecule has 0 aromatic heterocycles. The topological polar surface area (TPSA) is 56.1 Å². The highest BCUT2D eigenvalue weighted by atomic mass is 79.9. The number of carbonyl (C=O) groups is 1. The van der Waals surface area contributed by atoms with Crippen LogP contribution in [0.2, 0.25) is 0 Å². The zero-order chi connectivity index (χ0) is 20.3. The van der Waals surface area contributed by atoms with Crippen molar-refractivity contribution in [2.45, 2.75) is 38.0 Å². The monoisotopic (exact) mass is 503 g/mol. The number of hydrogen-bond donors (Lipinski definition) is 1. The van der Waals surface area contributed by atoms with Crippen LogP contribution >= 0.6 is 31.9 Å². The van der Waals surface area contributed by atoms with Crippen LogP contribution in [-0.2, 0) is 5.41 Å². The average Bonchev–Trinajstić information content (AvgIpc) is 2.71.